The van der Waals surface area contributed by atoms with Crippen molar-refractivity contribution < 1.29 is 0 Å². The van der Waals surface area contributed by atoms with Crippen molar-refractivity contribution in [1.29, 1.82) is 0 Å². The van der Waals surface area contributed by atoms with Gasteiger partial charge in [-0.15, -0.1) is 0 Å². The number of rotatable bonds is 7. The SMILES string of the molecule is c1ccc(-c2c(-c3cccc(N(c4ccccc4)c4ccc(-c5ccc(-c6cccc7ccccc67)cc5)cc4)c3)nc3ccccn23)cc1. The Hall–Kier alpha value is -6.71. The predicted molar refractivity (Wildman–Crippen MR) is 209 cm³/mol. The Morgan fingerprint density at radius 3 is 1.78 bits per heavy atom. The second-order valence-corrected chi connectivity index (χ2v) is 12.5. The molecule has 3 heteroatoms. The van der Waals surface area contributed by atoms with E-state index in [1.54, 1.807) is 0 Å². The van der Waals surface area contributed by atoms with Gasteiger partial charge in [-0.05, 0) is 81.6 Å². The lowest BCUT2D eigenvalue weighted by molar-refractivity contribution is 1.19. The minimum atomic E-state index is 0.924. The van der Waals surface area contributed by atoms with Gasteiger partial charge in [0.15, 0.2) is 0 Å². The third-order valence-electron chi connectivity index (χ3n) is 9.41. The lowest BCUT2D eigenvalue weighted by Gasteiger charge is -2.26. The van der Waals surface area contributed by atoms with Crippen LogP contribution >= 0.6 is 0 Å². The molecule has 0 aliphatic heterocycles. The summed E-state index contributed by atoms with van der Waals surface area (Å²) in [5.74, 6) is 0. The molecule has 2 aromatic heterocycles. The molecule has 0 aliphatic carbocycles. The molecule has 0 atom stereocenters. The highest BCUT2D eigenvalue weighted by molar-refractivity contribution is 5.97. The number of hydrogen-bond donors (Lipinski definition) is 0. The fourth-order valence-corrected chi connectivity index (χ4v) is 7.01. The van der Waals surface area contributed by atoms with Gasteiger partial charge in [0.05, 0.1) is 11.4 Å². The first-order valence-electron chi connectivity index (χ1n) is 17.0. The molecule has 2 heterocycles. The van der Waals surface area contributed by atoms with Gasteiger partial charge in [-0.3, -0.25) is 4.40 Å². The minimum absolute atomic E-state index is 0.924. The fourth-order valence-electron chi connectivity index (χ4n) is 7.01. The molecule has 0 unspecified atom stereocenters. The first kappa shape index (κ1) is 29.4. The van der Waals surface area contributed by atoms with Crippen LogP contribution < -0.4 is 4.90 Å². The van der Waals surface area contributed by atoms with E-state index >= 15 is 0 Å². The van der Waals surface area contributed by atoms with E-state index in [0.29, 0.717) is 0 Å². The monoisotopic (exact) mass is 639 g/mol. The molecule has 3 nitrogen and oxygen atoms in total. The Morgan fingerprint density at radius 2 is 0.980 bits per heavy atom. The molecule has 236 valence electrons. The molecule has 0 amide bonds. The second kappa shape index (κ2) is 12.7. The van der Waals surface area contributed by atoms with E-state index in [4.69, 9.17) is 4.98 Å². The molecule has 0 radical (unpaired) electrons. The third kappa shape index (κ3) is 5.41. The Bertz CT molecular complexity index is 2560. The van der Waals surface area contributed by atoms with E-state index in [9.17, 15) is 0 Å². The fraction of sp³-hybridized carbons (Fsp3) is 0. The largest absolute Gasteiger partial charge is 0.310 e. The lowest BCUT2D eigenvalue weighted by Crippen LogP contribution is -2.09. The Morgan fingerprint density at radius 1 is 0.400 bits per heavy atom. The molecule has 0 bridgehead atoms. The van der Waals surface area contributed by atoms with E-state index < -0.39 is 0 Å². The second-order valence-electron chi connectivity index (χ2n) is 12.5. The molecule has 0 aliphatic rings. The average molecular weight is 640 g/mol. The van der Waals surface area contributed by atoms with E-state index in [1.165, 1.54) is 33.0 Å². The van der Waals surface area contributed by atoms with Crippen molar-refractivity contribution in [1.82, 2.24) is 9.38 Å². The van der Waals surface area contributed by atoms with Crippen molar-refractivity contribution in [2.24, 2.45) is 0 Å². The molecule has 0 spiro atoms. The van der Waals surface area contributed by atoms with Crippen LogP contribution in [0.15, 0.2) is 200 Å². The van der Waals surface area contributed by atoms with Crippen molar-refractivity contribution in [2.75, 3.05) is 4.90 Å². The van der Waals surface area contributed by atoms with Crippen LogP contribution in [0.4, 0.5) is 17.1 Å². The Labute approximate surface area is 292 Å². The number of nitrogens with zero attached hydrogens (tertiary/aromatic N) is 3. The summed E-state index contributed by atoms with van der Waals surface area (Å²) in [6.07, 6.45) is 2.09. The van der Waals surface area contributed by atoms with Gasteiger partial charge in [0.2, 0.25) is 0 Å². The number of anilines is 3. The van der Waals surface area contributed by atoms with Crippen LogP contribution in [-0.4, -0.2) is 9.38 Å². The van der Waals surface area contributed by atoms with Gasteiger partial charge in [-0.1, -0.05) is 146 Å². The summed E-state index contributed by atoms with van der Waals surface area (Å²) < 4.78 is 2.18. The zero-order valence-corrected chi connectivity index (χ0v) is 27.4. The van der Waals surface area contributed by atoms with Gasteiger partial charge in [-0.2, -0.15) is 0 Å². The summed E-state index contributed by atoms with van der Waals surface area (Å²) in [5, 5.41) is 2.53. The van der Waals surface area contributed by atoms with Gasteiger partial charge in [-0.25, -0.2) is 4.98 Å². The molecule has 50 heavy (non-hydrogen) atoms. The van der Waals surface area contributed by atoms with E-state index in [1.807, 2.05) is 6.07 Å². The first-order valence-corrected chi connectivity index (χ1v) is 17.0. The molecular formula is C47H33N3. The number of aromatic nitrogens is 2. The highest BCUT2D eigenvalue weighted by atomic mass is 15.1. The van der Waals surface area contributed by atoms with Crippen LogP contribution in [0.25, 0.3) is 61.2 Å². The van der Waals surface area contributed by atoms with Crippen molar-refractivity contribution in [3.05, 3.63) is 200 Å². The molecule has 7 aromatic carbocycles. The maximum absolute atomic E-state index is 5.14. The van der Waals surface area contributed by atoms with Crippen molar-refractivity contribution in [2.45, 2.75) is 0 Å². The van der Waals surface area contributed by atoms with E-state index in [-0.39, 0.29) is 0 Å². The zero-order valence-electron chi connectivity index (χ0n) is 27.4. The van der Waals surface area contributed by atoms with E-state index in [2.05, 4.69) is 204 Å². The molecular weight excluding hydrogens is 607 g/mol. The summed E-state index contributed by atoms with van der Waals surface area (Å²) in [4.78, 5) is 7.45. The molecule has 9 rings (SSSR count). The summed E-state index contributed by atoms with van der Waals surface area (Å²) in [7, 11) is 0. The number of pyridine rings is 1. The Kier molecular flexibility index (Phi) is 7.49. The maximum atomic E-state index is 5.14. The molecule has 0 saturated carbocycles. The van der Waals surface area contributed by atoms with Crippen LogP contribution in [-0.2, 0) is 0 Å². The smallest absolute Gasteiger partial charge is 0.137 e. The van der Waals surface area contributed by atoms with Crippen molar-refractivity contribution in [3.8, 4) is 44.8 Å². The van der Waals surface area contributed by atoms with Gasteiger partial charge < -0.3 is 4.90 Å². The number of para-hydroxylation sites is 1. The standard InChI is InChI=1S/C47H33N3/c1-3-14-38(15-4-1)47-46(48-45-23-9-10-32-49(45)47)39-17-11-20-42(33-39)50(40-18-5-2-6-19-40)41-30-28-35(29-31-41)34-24-26-37(27-25-34)44-22-12-16-36-13-7-8-21-43(36)44/h1-33H. The summed E-state index contributed by atoms with van der Waals surface area (Å²) in [5.41, 5.74) is 13.2. The van der Waals surface area contributed by atoms with Gasteiger partial charge in [0.25, 0.3) is 0 Å². The number of benzene rings is 7. The summed E-state index contributed by atoms with van der Waals surface area (Å²) in [6.45, 7) is 0. The van der Waals surface area contributed by atoms with Crippen molar-refractivity contribution >= 4 is 33.5 Å². The maximum Gasteiger partial charge on any atom is 0.137 e. The summed E-state index contributed by atoms with van der Waals surface area (Å²) in [6, 6.07) is 68.8. The van der Waals surface area contributed by atoms with E-state index in [0.717, 1.165) is 45.2 Å². The van der Waals surface area contributed by atoms with Gasteiger partial charge in [0.1, 0.15) is 5.65 Å². The predicted octanol–water partition coefficient (Wildman–Crippen LogP) is 12.6. The lowest BCUT2D eigenvalue weighted by atomic mass is 9.96. The summed E-state index contributed by atoms with van der Waals surface area (Å²) >= 11 is 0. The highest BCUT2D eigenvalue weighted by Crippen LogP contribution is 2.40. The molecule has 0 saturated heterocycles. The zero-order chi connectivity index (χ0) is 33.3. The van der Waals surface area contributed by atoms with Crippen LogP contribution in [0.3, 0.4) is 0 Å². The molecule has 0 fully saturated rings. The number of hydrogen-bond acceptors (Lipinski definition) is 2. The van der Waals surface area contributed by atoms with Crippen LogP contribution in [0.2, 0.25) is 0 Å². The van der Waals surface area contributed by atoms with Crippen molar-refractivity contribution in [3.63, 3.8) is 0 Å². The molecule has 9 aromatic rings. The third-order valence-corrected chi connectivity index (χ3v) is 9.41. The number of imidazole rings is 1. The Balaban J connectivity index is 1.08. The van der Waals surface area contributed by atoms with Gasteiger partial charge >= 0.3 is 0 Å². The van der Waals surface area contributed by atoms with Crippen LogP contribution in [0, 0.1) is 0 Å². The topological polar surface area (TPSA) is 20.5 Å². The highest BCUT2D eigenvalue weighted by Gasteiger charge is 2.18. The van der Waals surface area contributed by atoms with Crippen LogP contribution in [0.5, 0.6) is 0 Å². The normalized spacial score (nSPS) is 11.2. The minimum Gasteiger partial charge on any atom is -0.310 e. The van der Waals surface area contributed by atoms with Gasteiger partial charge in [0, 0.05) is 34.4 Å². The quantitative estimate of drug-likeness (QED) is 0.173. The number of fused-ring (bicyclic) bond motifs is 2. The van der Waals surface area contributed by atoms with Crippen LogP contribution in [0.1, 0.15) is 0 Å². The first-order chi connectivity index (χ1) is 24.8. The molecule has 0 N–H and O–H groups in total. The average Bonchev–Trinajstić information content (AvgIpc) is 3.59.